The van der Waals surface area contributed by atoms with Crippen LogP contribution in [-0.2, 0) is 14.1 Å². The average molecular weight is 841 g/mol. The summed E-state index contributed by atoms with van der Waals surface area (Å²) in [6.07, 6.45) is 0. The lowest BCUT2D eigenvalue weighted by Crippen LogP contribution is -2.14. The quantitative estimate of drug-likeness (QED) is 0.162. The zero-order valence-electron chi connectivity index (χ0n) is 34.3. The minimum atomic E-state index is -0.438. The van der Waals surface area contributed by atoms with E-state index in [9.17, 15) is 28.0 Å². The van der Waals surface area contributed by atoms with E-state index < -0.39 is 11.6 Å². The molecule has 0 aliphatic heterocycles. The van der Waals surface area contributed by atoms with Gasteiger partial charge in [-0.15, -0.1) is 0 Å². The molecule has 10 heteroatoms. The van der Waals surface area contributed by atoms with Crippen LogP contribution in [0.15, 0.2) is 189 Å². The van der Waals surface area contributed by atoms with Crippen molar-refractivity contribution in [1.29, 1.82) is 0 Å². The fraction of sp³-hybridized carbons (Fsp3) is 0.0370. The summed E-state index contributed by atoms with van der Waals surface area (Å²) in [5, 5.41) is 4.05. The molecule has 4 heterocycles. The molecule has 0 radical (unpaired) electrons. The first-order valence-electron chi connectivity index (χ1n) is 20.6. The average Bonchev–Trinajstić information content (AvgIpc) is 3.33. The van der Waals surface area contributed by atoms with Crippen LogP contribution in [-0.4, -0.2) is 18.3 Å². The highest BCUT2D eigenvalue weighted by Gasteiger charge is 2.19. The van der Waals surface area contributed by atoms with Crippen LogP contribution in [0.1, 0.15) is 0 Å². The molecule has 308 valence electrons. The molecule has 0 amide bonds. The SMILES string of the molecule is Cn1c2cc(F)ccc2c(=O)c2cc3c(cc21)c(=O)c1ccc(F)cc1n3C.O=c1c2ccccc2n(-c2ccccc2)c2cc3c(=O)c4ccccc4n(-c4ccccc4)c3cc12. The van der Waals surface area contributed by atoms with Crippen molar-refractivity contribution >= 4 is 87.2 Å². The summed E-state index contributed by atoms with van der Waals surface area (Å²) < 4.78 is 35.0. The molecule has 0 fully saturated rings. The third-order valence-electron chi connectivity index (χ3n) is 12.4. The van der Waals surface area contributed by atoms with Gasteiger partial charge in [0.25, 0.3) is 0 Å². The molecule has 12 aromatic rings. The molecule has 8 aromatic carbocycles. The maximum absolute atomic E-state index is 13.8. The Morgan fingerprint density at radius 3 is 0.984 bits per heavy atom. The molecule has 0 N–H and O–H groups in total. The first-order valence-corrected chi connectivity index (χ1v) is 20.6. The lowest BCUT2D eigenvalue weighted by atomic mass is 10.0. The van der Waals surface area contributed by atoms with E-state index in [2.05, 4.69) is 9.13 Å². The van der Waals surface area contributed by atoms with Crippen LogP contribution in [0.2, 0.25) is 0 Å². The highest BCUT2D eigenvalue weighted by atomic mass is 19.1. The number of fused-ring (bicyclic) bond motifs is 8. The van der Waals surface area contributed by atoms with Crippen molar-refractivity contribution in [3.05, 3.63) is 222 Å². The zero-order valence-corrected chi connectivity index (χ0v) is 34.3. The Balaban J connectivity index is 0.000000147. The summed E-state index contributed by atoms with van der Waals surface area (Å²) >= 11 is 0. The second-order valence-corrected chi connectivity index (χ2v) is 15.9. The van der Waals surface area contributed by atoms with Gasteiger partial charge in [-0.1, -0.05) is 60.7 Å². The number of pyridine rings is 4. The molecular formula is C54H34F2N4O4. The lowest BCUT2D eigenvalue weighted by molar-refractivity contribution is 0.628. The van der Waals surface area contributed by atoms with Crippen LogP contribution in [0.5, 0.6) is 0 Å². The van der Waals surface area contributed by atoms with Crippen LogP contribution in [0.4, 0.5) is 8.78 Å². The summed E-state index contributed by atoms with van der Waals surface area (Å²) in [6, 6.07) is 50.3. The predicted molar refractivity (Wildman–Crippen MR) is 255 cm³/mol. The molecule has 0 atom stereocenters. The van der Waals surface area contributed by atoms with Gasteiger partial charge in [0.2, 0.25) is 0 Å². The maximum Gasteiger partial charge on any atom is 0.197 e. The van der Waals surface area contributed by atoms with Crippen molar-refractivity contribution in [3.63, 3.8) is 0 Å². The van der Waals surface area contributed by atoms with E-state index in [0.717, 1.165) is 22.4 Å². The van der Waals surface area contributed by atoms with Crippen molar-refractivity contribution in [3.8, 4) is 11.4 Å². The van der Waals surface area contributed by atoms with Crippen LogP contribution in [0, 0.1) is 11.6 Å². The van der Waals surface area contributed by atoms with Gasteiger partial charge in [-0.05, 0) is 109 Å². The van der Waals surface area contributed by atoms with Crippen molar-refractivity contribution in [2.24, 2.45) is 14.1 Å². The number of hydrogen-bond acceptors (Lipinski definition) is 4. The van der Waals surface area contributed by atoms with Gasteiger partial charge < -0.3 is 18.3 Å². The topological polar surface area (TPSA) is 88.0 Å². The molecular weight excluding hydrogens is 807 g/mol. The van der Waals surface area contributed by atoms with Crippen LogP contribution >= 0.6 is 0 Å². The molecule has 0 spiro atoms. The molecule has 0 unspecified atom stereocenters. The van der Waals surface area contributed by atoms with Gasteiger partial charge in [0.1, 0.15) is 11.6 Å². The van der Waals surface area contributed by atoms with Crippen molar-refractivity contribution in [2.45, 2.75) is 0 Å². The Morgan fingerprint density at radius 2 is 0.594 bits per heavy atom. The molecule has 8 nitrogen and oxygen atoms in total. The van der Waals surface area contributed by atoms with Gasteiger partial charge in [0.05, 0.1) is 44.1 Å². The van der Waals surface area contributed by atoms with E-state index in [-0.39, 0.29) is 21.7 Å². The first-order chi connectivity index (χ1) is 31.1. The maximum atomic E-state index is 13.8. The van der Waals surface area contributed by atoms with E-state index in [1.165, 1.54) is 36.4 Å². The van der Waals surface area contributed by atoms with E-state index in [0.29, 0.717) is 76.2 Å². The molecule has 0 bridgehead atoms. The number of aryl methyl sites for hydroxylation is 2. The zero-order chi connectivity index (χ0) is 44.0. The second kappa shape index (κ2) is 14.6. The monoisotopic (exact) mass is 840 g/mol. The van der Waals surface area contributed by atoms with E-state index >= 15 is 0 Å². The molecule has 0 aliphatic carbocycles. The van der Waals surface area contributed by atoms with Gasteiger partial charge in [-0.3, -0.25) is 19.2 Å². The summed E-state index contributed by atoms with van der Waals surface area (Å²) in [6.45, 7) is 0. The van der Waals surface area contributed by atoms with Gasteiger partial charge in [-0.25, -0.2) is 8.78 Å². The summed E-state index contributed by atoms with van der Waals surface area (Å²) in [7, 11) is 3.46. The van der Waals surface area contributed by atoms with Gasteiger partial charge in [0.15, 0.2) is 21.7 Å². The smallest absolute Gasteiger partial charge is 0.197 e. The van der Waals surface area contributed by atoms with Crippen LogP contribution in [0.3, 0.4) is 0 Å². The number of para-hydroxylation sites is 4. The Kier molecular flexibility index (Phi) is 8.74. The Labute approximate surface area is 360 Å². The minimum absolute atomic E-state index is 0.0464. The third kappa shape index (κ3) is 5.80. The number of hydrogen-bond donors (Lipinski definition) is 0. The van der Waals surface area contributed by atoms with Crippen molar-refractivity contribution < 1.29 is 8.78 Å². The Morgan fingerprint density at radius 1 is 0.297 bits per heavy atom. The highest BCUT2D eigenvalue weighted by molar-refractivity contribution is 6.06. The number of halogens is 2. The minimum Gasteiger partial charge on any atom is -0.343 e. The first kappa shape index (κ1) is 38.4. The molecule has 4 aromatic heterocycles. The van der Waals surface area contributed by atoms with Gasteiger partial charge >= 0.3 is 0 Å². The molecule has 0 aliphatic rings. The normalized spacial score (nSPS) is 11.7. The number of rotatable bonds is 2. The molecule has 0 saturated heterocycles. The van der Waals surface area contributed by atoms with Gasteiger partial charge in [0, 0.05) is 68.6 Å². The molecule has 64 heavy (non-hydrogen) atoms. The standard InChI is InChI=1S/C32H20N2O2.C22H14F2N2O2/c35-31-23-15-7-9-17-27(23)33(21-11-3-1-4-12-21)29-19-26-30(20-25(29)31)34(22-13-5-2-6-14-22)28-18-10-8-16-24(28)32(26)36;1-25-17-7-11(23)3-5-13(17)21(27)15-10-20-16(9-19(15)25)22(28)14-6-4-12(24)8-18(14)26(20)2/h1-20H;3-10H,1-2H3. The van der Waals surface area contributed by atoms with E-state index in [4.69, 9.17) is 0 Å². The van der Waals surface area contributed by atoms with E-state index in [1.807, 2.05) is 121 Å². The van der Waals surface area contributed by atoms with Crippen molar-refractivity contribution in [1.82, 2.24) is 18.3 Å². The van der Waals surface area contributed by atoms with Crippen LogP contribution in [0.25, 0.3) is 98.6 Å². The third-order valence-corrected chi connectivity index (χ3v) is 12.4. The fourth-order valence-corrected chi connectivity index (χ4v) is 9.29. The lowest BCUT2D eigenvalue weighted by Gasteiger charge is -2.19. The summed E-state index contributed by atoms with van der Waals surface area (Å²) in [5.41, 5.74) is 6.32. The summed E-state index contributed by atoms with van der Waals surface area (Å²) in [4.78, 5) is 53.7. The highest BCUT2D eigenvalue weighted by Crippen LogP contribution is 2.31. The molecule has 12 rings (SSSR count). The Hall–Kier alpha value is -8.50. The number of aromatic nitrogens is 4. The van der Waals surface area contributed by atoms with Crippen molar-refractivity contribution in [2.75, 3.05) is 0 Å². The fourth-order valence-electron chi connectivity index (χ4n) is 9.29. The Bertz CT molecular complexity index is 3940. The largest absolute Gasteiger partial charge is 0.343 e. The van der Waals surface area contributed by atoms with Gasteiger partial charge in [-0.2, -0.15) is 0 Å². The number of benzene rings is 8. The molecule has 0 saturated carbocycles. The number of nitrogens with zero attached hydrogens (tertiary/aromatic N) is 4. The van der Waals surface area contributed by atoms with Crippen LogP contribution < -0.4 is 21.7 Å². The summed E-state index contributed by atoms with van der Waals surface area (Å²) in [5.74, 6) is -0.877. The van der Waals surface area contributed by atoms with E-state index in [1.54, 1.807) is 35.4 Å². The second-order valence-electron chi connectivity index (χ2n) is 15.9. The predicted octanol–water partition coefficient (Wildman–Crippen LogP) is 10.6.